The molecule has 0 unspecified atom stereocenters. The Balaban J connectivity index is 3.29. The number of carbonyl (C=O) groups is 1. The molecule has 0 aliphatic heterocycles. The zero-order valence-corrected chi connectivity index (χ0v) is 13.3. The Kier molecular flexibility index (Phi) is 12.7. The third-order valence-electron chi connectivity index (χ3n) is 2.61. The summed E-state index contributed by atoms with van der Waals surface area (Å²) in [4.78, 5) is 11.4. The monoisotopic (exact) mass is 278 g/mol. The number of carbonyl (C=O) groups excluding carboxylic acids is 1. The summed E-state index contributed by atoms with van der Waals surface area (Å²) in [5, 5.41) is 0.353. The lowest BCUT2D eigenvalue weighted by molar-refractivity contribution is -0.111. The molecular formula is C12H26O3SSi. The van der Waals surface area contributed by atoms with Crippen LogP contribution in [0.25, 0.3) is 0 Å². The van der Waals surface area contributed by atoms with Crippen molar-refractivity contribution >= 4 is 26.2 Å². The van der Waals surface area contributed by atoms with Crippen LogP contribution in [0.15, 0.2) is 0 Å². The van der Waals surface area contributed by atoms with Gasteiger partial charge in [-0.2, -0.15) is 0 Å². The van der Waals surface area contributed by atoms with Crippen LogP contribution in [0.2, 0.25) is 6.04 Å². The summed E-state index contributed by atoms with van der Waals surface area (Å²) in [6, 6.07) is 1.04. The first-order valence-corrected chi connectivity index (χ1v) is 9.20. The van der Waals surface area contributed by atoms with E-state index in [-0.39, 0.29) is 0 Å². The first kappa shape index (κ1) is 17.2. The van der Waals surface area contributed by atoms with Crippen molar-refractivity contribution < 1.29 is 13.6 Å². The van der Waals surface area contributed by atoms with Crippen LogP contribution in [-0.2, 0) is 13.6 Å². The molecule has 0 aromatic rings. The predicted octanol–water partition coefficient (Wildman–Crippen LogP) is 3.12. The lowest BCUT2D eigenvalue weighted by Crippen LogP contribution is -2.18. The van der Waals surface area contributed by atoms with Crippen LogP contribution in [0.4, 0.5) is 0 Å². The van der Waals surface area contributed by atoms with E-state index in [9.17, 15) is 4.79 Å². The van der Waals surface area contributed by atoms with E-state index in [4.69, 9.17) is 8.85 Å². The second kappa shape index (κ2) is 12.6. The molecule has 0 heterocycles. The van der Waals surface area contributed by atoms with Crippen molar-refractivity contribution in [1.82, 2.24) is 0 Å². The molecule has 5 heteroatoms. The highest BCUT2D eigenvalue weighted by molar-refractivity contribution is 8.13. The molecule has 0 N–H and O–H groups in total. The summed E-state index contributed by atoms with van der Waals surface area (Å²) >= 11 is 1.49. The fraction of sp³-hybridized carbons (Fsp3) is 0.917. The molecular weight excluding hydrogens is 252 g/mol. The third kappa shape index (κ3) is 11.0. The maximum atomic E-state index is 11.4. The molecule has 0 aliphatic rings. The lowest BCUT2D eigenvalue weighted by Gasteiger charge is -2.09. The van der Waals surface area contributed by atoms with Gasteiger partial charge in [0.1, 0.15) is 0 Å². The van der Waals surface area contributed by atoms with Gasteiger partial charge >= 0.3 is 9.28 Å². The Morgan fingerprint density at radius 1 is 1.12 bits per heavy atom. The maximum absolute atomic E-state index is 11.4. The molecule has 0 spiro atoms. The van der Waals surface area contributed by atoms with Crippen molar-refractivity contribution in [2.75, 3.05) is 20.0 Å². The molecule has 0 bridgehead atoms. The fourth-order valence-electron chi connectivity index (χ4n) is 1.52. The predicted molar refractivity (Wildman–Crippen MR) is 76.8 cm³/mol. The zero-order chi connectivity index (χ0) is 12.9. The van der Waals surface area contributed by atoms with Gasteiger partial charge in [-0.15, -0.1) is 0 Å². The molecule has 0 aliphatic carbocycles. The van der Waals surface area contributed by atoms with Crippen LogP contribution >= 0.6 is 11.8 Å². The average molecular weight is 278 g/mol. The van der Waals surface area contributed by atoms with Gasteiger partial charge in [-0.3, -0.25) is 4.79 Å². The summed E-state index contributed by atoms with van der Waals surface area (Å²) in [7, 11) is 2.05. The molecule has 0 aromatic carbocycles. The minimum Gasteiger partial charge on any atom is -0.400 e. The highest BCUT2D eigenvalue weighted by Gasteiger charge is 2.08. The van der Waals surface area contributed by atoms with Crippen molar-refractivity contribution in [2.24, 2.45) is 0 Å². The van der Waals surface area contributed by atoms with Gasteiger partial charge in [0.25, 0.3) is 0 Å². The van der Waals surface area contributed by atoms with Crippen LogP contribution in [0.3, 0.4) is 0 Å². The van der Waals surface area contributed by atoms with Crippen molar-refractivity contribution in [2.45, 2.75) is 51.5 Å². The van der Waals surface area contributed by atoms with Crippen LogP contribution in [0, 0.1) is 0 Å². The SMILES string of the molecule is CCCCCC(=O)SCCCC[SiH](OC)OC. The van der Waals surface area contributed by atoms with Crippen LogP contribution in [-0.4, -0.2) is 34.4 Å². The van der Waals surface area contributed by atoms with Gasteiger partial charge in [-0.1, -0.05) is 37.9 Å². The van der Waals surface area contributed by atoms with Crippen molar-refractivity contribution in [3.8, 4) is 0 Å². The van der Waals surface area contributed by atoms with Crippen molar-refractivity contribution in [3.05, 3.63) is 0 Å². The molecule has 0 aromatic heterocycles. The van der Waals surface area contributed by atoms with E-state index in [1.54, 1.807) is 14.2 Å². The van der Waals surface area contributed by atoms with Gasteiger partial charge in [0.15, 0.2) is 5.12 Å². The quantitative estimate of drug-likeness (QED) is 0.430. The van der Waals surface area contributed by atoms with Gasteiger partial charge in [-0.05, 0) is 18.9 Å². The van der Waals surface area contributed by atoms with E-state index in [1.807, 2.05) is 0 Å². The minimum atomic E-state index is -1.38. The Bertz CT molecular complexity index is 187. The fourth-order valence-corrected chi connectivity index (χ4v) is 3.67. The topological polar surface area (TPSA) is 35.5 Å². The smallest absolute Gasteiger partial charge is 0.320 e. The molecule has 0 atom stereocenters. The number of hydrogen-bond acceptors (Lipinski definition) is 4. The Morgan fingerprint density at radius 2 is 1.82 bits per heavy atom. The summed E-state index contributed by atoms with van der Waals surface area (Å²) in [5.41, 5.74) is 0. The Hall–Kier alpha value is 0.157. The van der Waals surface area contributed by atoms with Crippen LogP contribution < -0.4 is 0 Å². The summed E-state index contributed by atoms with van der Waals surface area (Å²) < 4.78 is 10.5. The van der Waals surface area contributed by atoms with E-state index in [0.717, 1.165) is 37.5 Å². The standard InChI is InChI=1S/C12H26O3SSi/c1-4-5-6-9-12(13)16-10-7-8-11-17(14-2)15-3/h17H,4-11H2,1-3H3. The number of unbranched alkanes of at least 4 members (excludes halogenated alkanes) is 3. The first-order chi connectivity index (χ1) is 8.24. The van der Waals surface area contributed by atoms with Gasteiger partial charge in [-0.25, -0.2) is 0 Å². The van der Waals surface area contributed by atoms with Gasteiger partial charge in [0, 0.05) is 26.4 Å². The highest BCUT2D eigenvalue weighted by Crippen LogP contribution is 2.13. The van der Waals surface area contributed by atoms with Crippen molar-refractivity contribution in [1.29, 1.82) is 0 Å². The maximum Gasteiger partial charge on any atom is 0.320 e. The third-order valence-corrected chi connectivity index (χ3v) is 5.56. The Morgan fingerprint density at radius 3 is 2.41 bits per heavy atom. The lowest BCUT2D eigenvalue weighted by atomic mass is 10.2. The van der Waals surface area contributed by atoms with Gasteiger partial charge in [0.2, 0.25) is 0 Å². The largest absolute Gasteiger partial charge is 0.400 e. The molecule has 3 nitrogen and oxygen atoms in total. The van der Waals surface area contributed by atoms with E-state index in [2.05, 4.69) is 6.92 Å². The van der Waals surface area contributed by atoms with E-state index >= 15 is 0 Å². The zero-order valence-electron chi connectivity index (χ0n) is 11.4. The average Bonchev–Trinajstić information content (AvgIpc) is 2.34. The van der Waals surface area contributed by atoms with Gasteiger partial charge < -0.3 is 8.85 Å². The molecule has 0 rings (SSSR count). The number of rotatable bonds is 11. The minimum absolute atomic E-state index is 0.353. The normalized spacial score (nSPS) is 11.1. The summed E-state index contributed by atoms with van der Waals surface area (Å²) in [5.74, 6) is 0.944. The molecule has 0 fully saturated rings. The van der Waals surface area contributed by atoms with Crippen molar-refractivity contribution in [3.63, 3.8) is 0 Å². The summed E-state index contributed by atoms with van der Waals surface area (Å²) in [6.07, 6.45) is 6.32. The number of thioether (sulfide) groups is 1. The molecule has 17 heavy (non-hydrogen) atoms. The number of hydrogen-bond donors (Lipinski definition) is 0. The Labute approximate surface area is 111 Å². The van der Waals surface area contributed by atoms with Gasteiger partial charge in [0.05, 0.1) is 0 Å². The van der Waals surface area contributed by atoms with E-state index in [1.165, 1.54) is 24.6 Å². The van der Waals surface area contributed by atoms with E-state index < -0.39 is 9.28 Å². The molecule has 0 amide bonds. The van der Waals surface area contributed by atoms with Crippen LogP contribution in [0.5, 0.6) is 0 Å². The molecule has 0 radical (unpaired) electrons. The van der Waals surface area contributed by atoms with Crippen LogP contribution in [0.1, 0.15) is 45.4 Å². The second-order valence-electron chi connectivity index (χ2n) is 4.07. The molecule has 0 saturated carbocycles. The second-order valence-corrected chi connectivity index (χ2v) is 7.61. The molecule has 102 valence electrons. The van der Waals surface area contributed by atoms with E-state index in [0.29, 0.717) is 5.12 Å². The summed E-state index contributed by atoms with van der Waals surface area (Å²) in [6.45, 7) is 2.16. The highest BCUT2D eigenvalue weighted by atomic mass is 32.2. The molecule has 0 saturated heterocycles. The first-order valence-electron chi connectivity index (χ1n) is 6.45.